The second kappa shape index (κ2) is 6.85. The molecule has 1 saturated heterocycles. The highest BCUT2D eigenvalue weighted by Gasteiger charge is 2.25. The molecule has 0 spiro atoms. The van der Waals surface area contributed by atoms with E-state index in [1.807, 2.05) is 13.8 Å². The molecule has 1 aliphatic heterocycles. The minimum absolute atomic E-state index is 0.0135. The minimum Gasteiger partial charge on any atom is -0.345 e. The first-order valence-corrected chi connectivity index (χ1v) is 6.66. The predicted molar refractivity (Wildman–Crippen MR) is 71.1 cm³/mol. The van der Waals surface area contributed by atoms with Crippen molar-refractivity contribution in [2.75, 3.05) is 26.2 Å². The number of nitrogens with two attached hydrogens (primary N) is 1. The standard InChI is InChI=1S/C13H25N3O2/c1-9(2)13(10(3)17)15-12(18)8-16-5-4-11(6-14)7-16/h9,11,13H,4-8,14H2,1-3H3,(H,15,18). The van der Waals surface area contributed by atoms with Crippen molar-refractivity contribution in [3.05, 3.63) is 0 Å². The summed E-state index contributed by atoms with van der Waals surface area (Å²) >= 11 is 0. The Morgan fingerprint density at radius 1 is 1.44 bits per heavy atom. The molecule has 2 unspecified atom stereocenters. The van der Waals surface area contributed by atoms with Crippen LogP contribution in [0.2, 0.25) is 0 Å². The number of hydrogen-bond acceptors (Lipinski definition) is 4. The molecule has 3 N–H and O–H groups in total. The largest absolute Gasteiger partial charge is 0.345 e. The van der Waals surface area contributed by atoms with Crippen LogP contribution in [0.5, 0.6) is 0 Å². The summed E-state index contributed by atoms with van der Waals surface area (Å²) in [5.74, 6) is 0.578. The summed E-state index contributed by atoms with van der Waals surface area (Å²) in [6.07, 6.45) is 1.06. The van der Waals surface area contributed by atoms with Gasteiger partial charge in [0, 0.05) is 6.54 Å². The van der Waals surface area contributed by atoms with Crippen LogP contribution in [-0.4, -0.2) is 48.8 Å². The number of nitrogens with zero attached hydrogens (tertiary/aromatic N) is 1. The van der Waals surface area contributed by atoms with E-state index < -0.39 is 0 Å². The molecule has 1 aliphatic rings. The summed E-state index contributed by atoms with van der Waals surface area (Å²) in [7, 11) is 0. The van der Waals surface area contributed by atoms with Crippen LogP contribution in [0.4, 0.5) is 0 Å². The third-order valence-corrected chi connectivity index (χ3v) is 3.49. The van der Waals surface area contributed by atoms with Crippen molar-refractivity contribution in [2.24, 2.45) is 17.6 Å². The molecule has 0 saturated carbocycles. The van der Waals surface area contributed by atoms with Crippen LogP contribution < -0.4 is 11.1 Å². The molecule has 0 radical (unpaired) electrons. The van der Waals surface area contributed by atoms with E-state index in [9.17, 15) is 9.59 Å². The maximum absolute atomic E-state index is 11.9. The second-order valence-electron chi connectivity index (χ2n) is 5.53. The molecule has 1 fully saturated rings. The Hall–Kier alpha value is -0.940. The van der Waals surface area contributed by atoms with Gasteiger partial charge in [0.1, 0.15) is 0 Å². The highest BCUT2D eigenvalue weighted by atomic mass is 16.2. The lowest BCUT2D eigenvalue weighted by molar-refractivity contribution is -0.128. The van der Waals surface area contributed by atoms with Crippen molar-refractivity contribution in [2.45, 2.75) is 33.2 Å². The fourth-order valence-electron chi connectivity index (χ4n) is 2.41. The van der Waals surface area contributed by atoms with E-state index >= 15 is 0 Å². The molecule has 1 heterocycles. The van der Waals surface area contributed by atoms with Crippen LogP contribution in [0.3, 0.4) is 0 Å². The topological polar surface area (TPSA) is 75.4 Å². The lowest BCUT2D eigenvalue weighted by atomic mass is 10.0. The number of ketones is 1. The van der Waals surface area contributed by atoms with Crippen molar-refractivity contribution < 1.29 is 9.59 Å². The average Bonchev–Trinajstić information content (AvgIpc) is 2.72. The molecule has 2 atom stereocenters. The summed E-state index contributed by atoms with van der Waals surface area (Å²) in [4.78, 5) is 25.4. The van der Waals surface area contributed by atoms with Crippen LogP contribution in [0, 0.1) is 11.8 Å². The lowest BCUT2D eigenvalue weighted by Gasteiger charge is -2.22. The van der Waals surface area contributed by atoms with Crippen molar-refractivity contribution in [1.82, 2.24) is 10.2 Å². The first-order chi connectivity index (χ1) is 8.43. The van der Waals surface area contributed by atoms with Gasteiger partial charge in [-0.2, -0.15) is 0 Å². The van der Waals surface area contributed by atoms with Crippen LogP contribution in [0.15, 0.2) is 0 Å². The molecule has 5 nitrogen and oxygen atoms in total. The molecule has 5 heteroatoms. The zero-order valence-electron chi connectivity index (χ0n) is 11.6. The van der Waals surface area contributed by atoms with Gasteiger partial charge in [0.25, 0.3) is 0 Å². The number of carbonyl (C=O) groups excluding carboxylic acids is 2. The quantitative estimate of drug-likeness (QED) is 0.700. The maximum atomic E-state index is 11.9. The summed E-state index contributed by atoms with van der Waals surface area (Å²) in [6, 6.07) is -0.370. The second-order valence-corrected chi connectivity index (χ2v) is 5.53. The number of Topliss-reactive ketones (excluding diaryl/α,β-unsaturated/α-hetero) is 1. The van der Waals surface area contributed by atoms with Crippen LogP contribution in [0.1, 0.15) is 27.2 Å². The molecular weight excluding hydrogens is 230 g/mol. The Morgan fingerprint density at radius 2 is 2.11 bits per heavy atom. The molecule has 18 heavy (non-hydrogen) atoms. The number of nitrogens with one attached hydrogen (secondary N) is 1. The van der Waals surface area contributed by atoms with E-state index in [0.717, 1.165) is 19.5 Å². The van der Waals surface area contributed by atoms with E-state index in [1.165, 1.54) is 6.92 Å². The fourth-order valence-corrected chi connectivity index (χ4v) is 2.41. The van der Waals surface area contributed by atoms with Crippen LogP contribution in [-0.2, 0) is 9.59 Å². The Balaban J connectivity index is 2.39. The monoisotopic (exact) mass is 255 g/mol. The van der Waals surface area contributed by atoms with E-state index in [1.54, 1.807) is 0 Å². The van der Waals surface area contributed by atoms with Gasteiger partial charge in [-0.3, -0.25) is 14.5 Å². The van der Waals surface area contributed by atoms with Gasteiger partial charge in [0.15, 0.2) is 5.78 Å². The van der Waals surface area contributed by atoms with E-state index in [4.69, 9.17) is 5.73 Å². The Morgan fingerprint density at radius 3 is 2.56 bits per heavy atom. The molecule has 0 aliphatic carbocycles. The van der Waals surface area contributed by atoms with E-state index in [-0.39, 0.29) is 23.7 Å². The number of rotatable bonds is 6. The summed E-state index contributed by atoms with van der Waals surface area (Å²) in [5.41, 5.74) is 5.62. The van der Waals surface area contributed by atoms with Gasteiger partial charge < -0.3 is 11.1 Å². The minimum atomic E-state index is -0.370. The number of hydrogen-bond donors (Lipinski definition) is 2. The molecule has 0 bridgehead atoms. The van der Waals surface area contributed by atoms with Crippen molar-refractivity contribution >= 4 is 11.7 Å². The SMILES string of the molecule is CC(=O)C(NC(=O)CN1CCC(CN)C1)C(C)C. The Bertz CT molecular complexity index is 305. The number of likely N-dealkylation sites (tertiary alicyclic amines) is 1. The third-order valence-electron chi connectivity index (χ3n) is 3.49. The van der Waals surface area contributed by atoms with Gasteiger partial charge in [0.05, 0.1) is 12.6 Å². The van der Waals surface area contributed by atoms with E-state index in [2.05, 4.69) is 10.2 Å². The normalized spacial score (nSPS) is 22.2. The first-order valence-electron chi connectivity index (χ1n) is 6.66. The van der Waals surface area contributed by atoms with E-state index in [0.29, 0.717) is 19.0 Å². The van der Waals surface area contributed by atoms with Crippen molar-refractivity contribution in [1.29, 1.82) is 0 Å². The summed E-state index contributed by atoms with van der Waals surface area (Å²) < 4.78 is 0. The number of amides is 1. The third kappa shape index (κ3) is 4.38. The van der Waals surface area contributed by atoms with Crippen molar-refractivity contribution in [3.63, 3.8) is 0 Å². The number of carbonyl (C=O) groups is 2. The summed E-state index contributed by atoms with van der Waals surface area (Å²) in [5, 5.41) is 2.81. The van der Waals surface area contributed by atoms with Gasteiger partial charge >= 0.3 is 0 Å². The molecular formula is C13H25N3O2. The fraction of sp³-hybridized carbons (Fsp3) is 0.846. The average molecular weight is 255 g/mol. The molecule has 0 aromatic carbocycles. The Kier molecular flexibility index (Phi) is 5.75. The molecule has 1 rings (SSSR count). The first kappa shape index (κ1) is 15.1. The molecule has 104 valence electrons. The van der Waals surface area contributed by atoms with Crippen LogP contribution in [0.25, 0.3) is 0 Å². The zero-order valence-corrected chi connectivity index (χ0v) is 11.6. The van der Waals surface area contributed by atoms with Gasteiger partial charge in [-0.15, -0.1) is 0 Å². The molecule has 0 aromatic heterocycles. The zero-order chi connectivity index (χ0) is 13.7. The van der Waals surface area contributed by atoms with Gasteiger partial charge in [-0.05, 0) is 38.3 Å². The van der Waals surface area contributed by atoms with Gasteiger partial charge in [-0.25, -0.2) is 0 Å². The van der Waals surface area contributed by atoms with Gasteiger partial charge in [-0.1, -0.05) is 13.8 Å². The van der Waals surface area contributed by atoms with Gasteiger partial charge in [0.2, 0.25) is 5.91 Å². The lowest BCUT2D eigenvalue weighted by Crippen LogP contribution is -2.47. The van der Waals surface area contributed by atoms with Crippen LogP contribution >= 0.6 is 0 Å². The maximum Gasteiger partial charge on any atom is 0.234 e. The smallest absolute Gasteiger partial charge is 0.234 e. The Labute approximate surface area is 109 Å². The predicted octanol–water partition coefficient (Wildman–Crippen LogP) is -0.00320. The highest BCUT2D eigenvalue weighted by molar-refractivity contribution is 5.88. The summed E-state index contributed by atoms with van der Waals surface area (Å²) in [6.45, 7) is 8.25. The van der Waals surface area contributed by atoms with Crippen molar-refractivity contribution in [3.8, 4) is 0 Å². The highest BCUT2D eigenvalue weighted by Crippen LogP contribution is 2.14. The molecule has 0 aromatic rings. The molecule has 1 amide bonds.